The lowest BCUT2D eigenvalue weighted by Gasteiger charge is -2.06. The Bertz CT molecular complexity index is 1220. The van der Waals surface area contributed by atoms with Gasteiger partial charge in [0.2, 0.25) is 0 Å². The lowest BCUT2D eigenvalue weighted by atomic mass is 10.0. The molecule has 0 atom stereocenters. The van der Waals surface area contributed by atoms with E-state index in [1.54, 1.807) is 0 Å². The van der Waals surface area contributed by atoms with E-state index in [2.05, 4.69) is 77.7 Å². The molecule has 1 aliphatic carbocycles. The Kier molecular flexibility index (Phi) is 5.18. The van der Waals surface area contributed by atoms with E-state index in [1.165, 1.54) is 38.7 Å². The molecular formula is C27H27N3. The van der Waals surface area contributed by atoms with Crippen molar-refractivity contribution in [2.45, 2.75) is 45.4 Å². The van der Waals surface area contributed by atoms with Crippen molar-refractivity contribution in [3.8, 4) is 0 Å². The van der Waals surface area contributed by atoms with Crippen molar-refractivity contribution in [1.29, 1.82) is 0 Å². The summed E-state index contributed by atoms with van der Waals surface area (Å²) in [6, 6.07) is 15.5. The van der Waals surface area contributed by atoms with Crippen molar-refractivity contribution in [2.75, 3.05) is 0 Å². The number of allylic oxidation sites excluding steroid dienone is 1. The summed E-state index contributed by atoms with van der Waals surface area (Å²) in [6.45, 7) is 2.15. The van der Waals surface area contributed by atoms with Crippen LogP contribution in [0.4, 0.5) is 0 Å². The standard InChI is InChI=1S/C27H27N3/c1-19-8-12-26-25(16-19)23(18-29-26)6-3-7-24-14-15-28-27(30-24)13-10-20-9-11-21-4-2-5-22(21)17-20/h2,5,8-9,11-12,14-18,29H,3-4,6-7,10,13H2,1H3. The minimum atomic E-state index is 0.887. The quantitative estimate of drug-likeness (QED) is 0.431. The molecule has 1 N–H and O–H groups in total. The van der Waals surface area contributed by atoms with Crippen LogP contribution >= 0.6 is 0 Å². The summed E-state index contributed by atoms with van der Waals surface area (Å²) < 4.78 is 0. The summed E-state index contributed by atoms with van der Waals surface area (Å²) in [5.74, 6) is 0.950. The van der Waals surface area contributed by atoms with Crippen LogP contribution < -0.4 is 0 Å². The molecule has 0 radical (unpaired) electrons. The SMILES string of the molecule is Cc1ccc2[nH]cc(CCCc3ccnc(CCc4ccc5c(c4)C=CC5)n3)c2c1. The molecule has 0 bridgehead atoms. The summed E-state index contributed by atoms with van der Waals surface area (Å²) in [5.41, 5.74) is 9.24. The third kappa shape index (κ3) is 4.06. The number of fused-ring (bicyclic) bond motifs is 2. The number of benzene rings is 2. The maximum atomic E-state index is 4.82. The Hall–Kier alpha value is -3.20. The molecule has 1 aliphatic rings. The number of nitrogens with one attached hydrogen (secondary N) is 1. The Morgan fingerprint density at radius 2 is 1.93 bits per heavy atom. The summed E-state index contributed by atoms with van der Waals surface area (Å²) >= 11 is 0. The Labute approximate surface area is 177 Å². The Morgan fingerprint density at radius 3 is 2.90 bits per heavy atom. The first-order valence-corrected chi connectivity index (χ1v) is 10.9. The Balaban J connectivity index is 1.18. The number of nitrogens with zero attached hydrogens (tertiary/aromatic N) is 2. The van der Waals surface area contributed by atoms with Gasteiger partial charge >= 0.3 is 0 Å². The molecule has 3 heteroatoms. The molecule has 3 nitrogen and oxygen atoms in total. The van der Waals surface area contributed by atoms with E-state index in [-0.39, 0.29) is 0 Å². The van der Waals surface area contributed by atoms with Crippen molar-refractivity contribution in [1.82, 2.24) is 15.0 Å². The summed E-state index contributed by atoms with van der Waals surface area (Å²) in [7, 11) is 0. The van der Waals surface area contributed by atoms with Gasteiger partial charge in [0.15, 0.2) is 0 Å². The summed E-state index contributed by atoms with van der Waals surface area (Å²) in [6.07, 6.45) is 14.6. The van der Waals surface area contributed by atoms with Crippen LogP contribution in [0.15, 0.2) is 60.9 Å². The van der Waals surface area contributed by atoms with Gasteiger partial charge in [-0.3, -0.25) is 0 Å². The summed E-state index contributed by atoms with van der Waals surface area (Å²) in [5, 5.41) is 1.35. The number of rotatable bonds is 7. The van der Waals surface area contributed by atoms with Gasteiger partial charge in [-0.2, -0.15) is 0 Å². The average Bonchev–Trinajstić information content (AvgIpc) is 3.39. The van der Waals surface area contributed by atoms with Gasteiger partial charge in [0.05, 0.1) is 0 Å². The van der Waals surface area contributed by atoms with Crippen LogP contribution in [0.3, 0.4) is 0 Å². The summed E-state index contributed by atoms with van der Waals surface area (Å²) in [4.78, 5) is 12.7. The fourth-order valence-corrected chi connectivity index (χ4v) is 4.37. The maximum absolute atomic E-state index is 4.82. The van der Waals surface area contributed by atoms with Crippen molar-refractivity contribution < 1.29 is 0 Å². The first kappa shape index (κ1) is 18.8. The van der Waals surface area contributed by atoms with E-state index < -0.39 is 0 Å². The first-order chi connectivity index (χ1) is 14.7. The van der Waals surface area contributed by atoms with Crippen molar-refractivity contribution >= 4 is 17.0 Å². The number of aromatic amines is 1. The molecule has 2 aromatic carbocycles. The van der Waals surface area contributed by atoms with Crippen LogP contribution in [0.2, 0.25) is 0 Å². The van der Waals surface area contributed by atoms with Gasteiger partial charge in [0.25, 0.3) is 0 Å². The molecule has 0 spiro atoms. The predicted molar refractivity (Wildman–Crippen MR) is 124 cm³/mol. The molecule has 150 valence electrons. The first-order valence-electron chi connectivity index (χ1n) is 10.9. The van der Waals surface area contributed by atoms with Crippen LogP contribution in [-0.4, -0.2) is 15.0 Å². The van der Waals surface area contributed by atoms with Crippen molar-refractivity contribution in [3.63, 3.8) is 0 Å². The second-order valence-electron chi connectivity index (χ2n) is 8.32. The number of hydrogen-bond donors (Lipinski definition) is 1. The normalized spacial score (nSPS) is 12.6. The van der Waals surface area contributed by atoms with E-state index >= 15 is 0 Å². The molecule has 0 saturated heterocycles. The average molecular weight is 394 g/mol. The van der Waals surface area contributed by atoms with Crippen LogP contribution in [0, 0.1) is 6.92 Å². The van der Waals surface area contributed by atoms with Gasteiger partial charge in [0.1, 0.15) is 5.82 Å². The predicted octanol–water partition coefficient (Wildman–Crippen LogP) is 5.80. The maximum Gasteiger partial charge on any atom is 0.128 e. The van der Waals surface area contributed by atoms with Gasteiger partial charge < -0.3 is 4.98 Å². The van der Waals surface area contributed by atoms with Crippen molar-refractivity contribution in [2.24, 2.45) is 0 Å². The molecule has 0 fully saturated rings. The molecule has 0 aliphatic heterocycles. The van der Waals surface area contributed by atoms with E-state index in [0.717, 1.165) is 50.0 Å². The van der Waals surface area contributed by atoms with E-state index in [9.17, 15) is 0 Å². The van der Waals surface area contributed by atoms with Crippen LogP contribution in [0.5, 0.6) is 0 Å². The van der Waals surface area contributed by atoms with Crippen LogP contribution in [0.1, 0.15) is 45.8 Å². The Morgan fingerprint density at radius 1 is 0.967 bits per heavy atom. The fraction of sp³-hybridized carbons (Fsp3) is 0.259. The number of aromatic nitrogens is 3. The van der Waals surface area contributed by atoms with Gasteiger partial charge in [0, 0.05) is 35.4 Å². The minimum absolute atomic E-state index is 0.887. The smallest absolute Gasteiger partial charge is 0.128 e. The van der Waals surface area contributed by atoms with Crippen LogP contribution in [0.25, 0.3) is 17.0 Å². The second kappa shape index (κ2) is 8.27. The second-order valence-corrected chi connectivity index (χ2v) is 8.32. The zero-order chi connectivity index (χ0) is 20.3. The van der Waals surface area contributed by atoms with Crippen LogP contribution in [-0.2, 0) is 32.1 Å². The molecule has 0 unspecified atom stereocenters. The highest BCUT2D eigenvalue weighted by molar-refractivity contribution is 5.83. The molecule has 2 heterocycles. The third-order valence-electron chi connectivity index (χ3n) is 6.05. The molecule has 5 rings (SSSR count). The number of aryl methyl sites for hydroxylation is 5. The molecule has 0 saturated carbocycles. The number of H-pyrrole nitrogens is 1. The highest BCUT2D eigenvalue weighted by atomic mass is 14.9. The van der Waals surface area contributed by atoms with Crippen molar-refractivity contribution in [3.05, 3.63) is 100 Å². The van der Waals surface area contributed by atoms with E-state index in [0.29, 0.717) is 0 Å². The third-order valence-corrected chi connectivity index (χ3v) is 6.05. The fourth-order valence-electron chi connectivity index (χ4n) is 4.37. The highest BCUT2D eigenvalue weighted by Gasteiger charge is 2.08. The highest BCUT2D eigenvalue weighted by Crippen LogP contribution is 2.22. The largest absolute Gasteiger partial charge is 0.361 e. The van der Waals surface area contributed by atoms with Gasteiger partial charge in [-0.25, -0.2) is 9.97 Å². The van der Waals surface area contributed by atoms with E-state index in [1.807, 2.05) is 6.20 Å². The monoisotopic (exact) mass is 393 g/mol. The number of hydrogen-bond acceptors (Lipinski definition) is 2. The lowest BCUT2D eigenvalue weighted by molar-refractivity contribution is 0.771. The zero-order valence-electron chi connectivity index (χ0n) is 17.5. The van der Waals surface area contributed by atoms with Gasteiger partial charge in [-0.15, -0.1) is 0 Å². The van der Waals surface area contributed by atoms with E-state index in [4.69, 9.17) is 4.98 Å². The topological polar surface area (TPSA) is 41.6 Å². The molecule has 4 aromatic rings. The zero-order valence-corrected chi connectivity index (χ0v) is 17.5. The van der Waals surface area contributed by atoms with Gasteiger partial charge in [-0.05, 0) is 79.5 Å². The molecule has 2 aromatic heterocycles. The molecule has 0 amide bonds. The lowest BCUT2D eigenvalue weighted by Crippen LogP contribution is -2.02. The minimum Gasteiger partial charge on any atom is -0.361 e. The molecular weight excluding hydrogens is 366 g/mol. The van der Waals surface area contributed by atoms with Gasteiger partial charge in [-0.1, -0.05) is 42.0 Å². The molecule has 30 heavy (non-hydrogen) atoms.